The number of nitrogens with zero attached hydrogens (tertiary/aromatic N) is 1. The second-order valence-electron chi connectivity index (χ2n) is 5.12. The Bertz CT molecular complexity index is 957. The number of hydrogen-bond acceptors (Lipinski definition) is 2. The molecule has 0 unspecified atom stereocenters. The second-order valence-corrected chi connectivity index (χ2v) is 5.12. The summed E-state index contributed by atoms with van der Waals surface area (Å²) < 4.78 is 38.9. The van der Waals surface area contributed by atoms with Gasteiger partial charge in [-0.15, -0.1) is 0 Å². The highest BCUT2D eigenvalue weighted by Gasteiger charge is 2.40. The first kappa shape index (κ1) is 15.8. The van der Waals surface area contributed by atoms with Gasteiger partial charge in [0, 0.05) is 17.1 Å². The van der Waals surface area contributed by atoms with E-state index in [1.165, 1.54) is 24.3 Å². The van der Waals surface area contributed by atoms with Crippen molar-refractivity contribution >= 4 is 22.8 Å². The molecule has 1 N–H and O–H groups in total. The topological polar surface area (TPSA) is 59.3 Å². The lowest BCUT2D eigenvalue weighted by Gasteiger charge is -2.11. The van der Waals surface area contributed by atoms with Crippen LogP contribution >= 0.6 is 0 Å². The van der Waals surface area contributed by atoms with E-state index in [9.17, 15) is 22.8 Å². The predicted molar refractivity (Wildman–Crippen MR) is 81.0 cm³/mol. The first-order valence-corrected chi connectivity index (χ1v) is 6.84. The van der Waals surface area contributed by atoms with E-state index in [4.69, 9.17) is 5.11 Å². The lowest BCUT2D eigenvalue weighted by molar-refractivity contribution is -0.0942. The zero-order valence-corrected chi connectivity index (χ0v) is 12.0. The number of carboxylic acids is 1. The molecule has 0 amide bonds. The number of alkyl halides is 3. The Morgan fingerprint density at radius 2 is 1.71 bits per heavy atom. The molecule has 3 aromatic rings. The van der Waals surface area contributed by atoms with Crippen LogP contribution in [0.25, 0.3) is 22.0 Å². The lowest BCUT2D eigenvalue weighted by atomic mass is 10.0. The lowest BCUT2D eigenvalue weighted by Crippen LogP contribution is -2.28. The summed E-state index contributed by atoms with van der Waals surface area (Å²) in [6.07, 6.45) is -3.95. The summed E-state index contributed by atoms with van der Waals surface area (Å²) in [6.45, 7) is 0. The van der Waals surface area contributed by atoms with Gasteiger partial charge in [0.05, 0.1) is 11.1 Å². The number of benzene rings is 2. The zero-order valence-electron chi connectivity index (χ0n) is 12.0. The Kier molecular flexibility index (Phi) is 3.63. The molecule has 7 heteroatoms. The highest BCUT2D eigenvalue weighted by atomic mass is 19.4. The fourth-order valence-electron chi connectivity index (χ4n) is 2.55. The molecular weight excluding hydrogens is 323 g/mol. The normalized spacial score (nSPS) is 11.6. The highest BCUT2D eigenvalue weighted by molar-refractivity contribution is 6.03. The van der Waals surface area contributed by atoms with Crippen molar-refractivity contribution in [2.24, 2.45) is 0 Å². The molecule has 1 aromatic heterocycles. The Hall–Kier alpha value is -3.09. The van der Waals surface area contributed by atoms with Gasteiger partial charge in [0.15, 0.2) is 0 Å². The molecular formula is C17H10F3NO3. The maximum atomic E-state index is 12.8. The van der Waals surface area contributed by atoms with E-state index >= 15 is 0 Å². The van der Waals surface area contributed by atoms with Crippen LogP contribution in [-0.2, 0) is 0 Å². The molecule has 122 valence electrons. The molecule has 0 fully saturated rings. The minimum Gasteiger partial charge on any atom is -0.478 e. The number of halogens is 3. The smallest absolute Gasteiger partial charge is 0.472 e. The molecule has 0 saturated heterocycles. The van der Waals surface area contributed by atoms with Crippen LogP contribution in [0.15, 0.2) is 54.7 Å². The Balaban J connectivity index is 2.26. The number of rotatable bonds is 2. The number of fused-ring (bicyclic) bond motifs is 1. The zero-order chi connectivity index (χ0) is 17.5. The van der Waals surface area contributed by atoms with Crippen LogP contribution in [-0.4, -0.2) is 27.7 Å². The average molecular weight is 333 g/mol. The van der Waals surface area contributed by atoms with Crippen LogP contribution in [0.5, 0.6) is 0 Å². The van der Waals surface area contributed by atoms with Crippen molar-refractivity contribution < 1.29 is 27.9 Å². The number of para-hydroxylation sites is 1. The van der Waals surface area contributed by atoms with Gasteiger partial charge >= 0.3 is 18.1 Å². The van der Waals surface area contributed by atoms with E-state index < -0.39 is 18.1 Å². The Labute approximate surface area is 133 Å². The predicted octanol–water partition coefficient (Wildman–Crippen LogP) is 4.21. The number of carbonyl (C=O) groups is 2. The van der Waals surface area contributed by atoms with Crippen molar-refractivity contribution in [1.82, 2.24) is 4.57 Å². The molecule has 1 heterocycles. The number of carboxylic acid groups (broad SMARTS) is 1. The molecule has 0 aliphatic rings. The van der Waals surface area contributed by atoms with Gasteiger partial charge in [0.1, 0.15) is 0 Å². The molecule has 0 radical (unpaired) electrons. The van der Waals surface area contributed by atoms with Crippen LogP contribution < -0.4 is 0 Å². The first-order chi connectivity index (χ1) is 11.3. The summed E-state index contributed by atoms with van der Waals surface area (Å²) in [5.41, 5.74) is 0.848. The molecule has 0 spiro atoms. The molecule has 0 aliphatic carbocycles. The number of carbonyl (C=O) groups excluding carboxylic acids is 1. The summed E-state index contributed by atoms with van der Waals surface area (Å²) in [4.78, 5) is 22.7. The van der Waals surface area contributed by atoms with Gasteiger partial charge in [-0.1, -0.05) is 30.3 Å². The fourth-order valence-corrected chi connectivity index (χ4v) is 2.55. The monoisotopic (exact) mass is 333 g/mol. The summed E-state index contributed by atoms with van der Waals surface area (Å²) in [7, 11) is 0. The van der Waals surface area contributed by atoms with Gasteiger partial charge in [0.2, 0.25) is 0 Å². The Morgan fingerprint density at radius 3 is 2.38 bits per heavy atom. The van der Waals surface area contributed by atoms with E-state index in [1.807, 2.05) is 0 Å². The van der Waals surface area contributed by atoms with E-state index in [0.29, 0.717) is 21.1 Å². The van der Waals surface area contributed by atoms with Gasteiger partial charge in [0.25, 0.3) is 0 Å². The molecule has 4 nitrogen and oxygen atoms in total. The van der Waals surface area contributed by atoms with Gasteiger partial charge in [-0.2, -0.15) is 13.2 Å². The van der Waals surface area contributed by atoms with Crippen molar-refractivity contribution in [3.8, 4) is 11.1 Å². The van der Waals surface area contributed by atoms with E-state index in [2.05, 4.69) is 0 Å². The van der Waals surface area contributed by atoms with Gasteiger partial charge in [-0.25, -0.2) is 4.79 Å². The minimum atomic E-state index is -5.01. The average Bonchev–Trinajstić information content (AvgIpc) is 2.97. The van der Waals surface area contributed by atoms with Crippen molar-refractivity contribution in [2.75, 3.05) is 0 Å². The number of aromatic nitrogens is 1. The molecule has 0 bridgehead atoms. The molecule has 0 aliphatic heterocycles. The summed E-state index contributed by atoms with van der Waals surface area (Å²) in [5, 5.41) is 9.52. The van der Waals surface area contributed by atoms with E-state index in [0.717, 1.165) is 6.20 Å². The van der Waals surface area contributed by atoms with E-state index in [1.54, 1.807) is 24.3 Å². The van der Waals surface area contributed by atoms with Crippen LogP contribution in [0.4, 0.5) is 13.2 Å². The SMILES string of the molecule is O=C(O)c1cccc(-c2cccc3ccn(C(=O)C(F)(F)F)c23)c1. The van der Waals surface area contributed by atoms with Gasteiger partial charge in [-0.3, -0.25) is 9.36 Å². The number of hydrogen-bond donors (Lipinski definition) is 1. The van der Waals surface area contributed by atoms with E-state index in [-0.39, 0.29) is 11.1 Å². The van der Waals surface area contributed by atoms with Crippen LogP contribution in [0.2, 0.25) is 0 Å². The second kappa shape index (κ2) is 5.52. The standard InChI is InChI=1S/C17H10F3NO3/c18-17(19,20)16(24)21-8-7-10-3-2-6-13(14(10)21)11-4-1-5-12(9-11)15(22)23/h1-9H,(H,22,23). The third-order valence-electron chi connectivity index (χ3n) is 3.59. The van der Waals surface area contributed by atoms with Crippen molar-refractivity contribution in [3.05, 3.63) is 60.3 Å². The van der Waals surface area contributed by atoms with Crippen molar-refractivity contribution in [2.45, 2.75) is 6.18 Å². The first-order valence-electron chi connectivity index (χ1n) is 6.84. The van der Waals surface area contributed by atoms with Gasteiger partial charge < -0.3 is 5.11 Å². The third-order valence-corrected chi connectivity index (χ3v) is 3.59. The van der Waals surface area contributed by atoms with Crippen LogP contribution in [0.3, 0.4) is 0 Å². The van der Waals surface area contributed by atoms with Gasteiger partial charge in [-0.05, 0) is 23.8 Å². The quantitative estimate of drug-likeness (QED) is 0.764. The molecule has 2 aromatic carbocycles. The Morgan fingerprint density at radius 1 is 1.00 bits per heavy atom. The van der Waals surface area contributed by atoms with Crippen molar-refractivity contribution in [1.29, 1.82) is 0 Å². The fraction of sp³-hybridized carbons (Fsp3) is 0.0588. The maximum Gasteiger partial charge on any atom is 0.472 e. The number of aromatic carboxylic acids is 1. The molecule has 0 atom stereocenters. The van der Waals surface area contributed by atoms with Crippen LogP contribution in [0.1, 0.15) is 15.2 Å². The van der Waals surface area contributed by atoms with Crippen LogP contribution in [0, 0.1) is 0 Å². The molecule has 24 heavy (non-hydrogen) atoms. The largest absolute Gasteiger partial charge is 0.478 e. The van der Waals surface area contributed by atoms with Crippen molar-refractivity contribution in [3.63, 3.8) is 0 Å². The summed E-state index contributed by atoms with van der Waals surface area (Å²) in [5.74, 6) is -3.15. The molecule has 0 saturated carbocycles. The minimum absolute atomic E-state index is 0.00440. The highest BCUT2D eigenvalue weighted by Crippen LogP contribution is 2.31. The third kappa shape index (κ3) is 2.64. The molecule has 3 rings (SSSR count). The summed E-state index contributed by atoms with van der Waals surface area (Å²) in [6, 6.07) is 12.0. The maximum absolute atomic E-state index is 12.8. The summed E-state index contributed by atoms with van der Waals surface area (Å²) >= 11 is 0.